The smallest absolute Gasteiger partial charge is 0.462 e. The number of aliphatic hydroxyl groups is 1. The van der Waals surface area contributed by atoms with Crippen LogP contribution in [0.3, 0.4) is 0 Å². The Bertz CT molecular complexity index is 2070. The molecule has 3 N–H and O–H groups in total. The van der Waals surface area contributed by atoms with E-state index in [4.69, 9.17) is 37.0 Å². The van der Waals surface area contributed by atoms with Crippen molar-refractivity contribution in [3.63, 3.8) is 0 Å². The predicted molar refractivity (Wildman–Crippen MR) is 455 cm³/mol. The van der Waals surface area contributed by atoms with Crippen LogP contribution < -0.4 is 0 Å². The van der Waals surface area contributed by atoms with Crippen LogP contribution in [0.25, 0.3) is 0 Å². The minimum Gasteiger partial charge on any atom is -0.462 e. The number of carbonyl (C=O) groups excluding carboxylic acids is 4. The van der Waals surface area contributed by atoms with Gasteiger partial charge in [-0.25, -0.2) is 9.13 Å². The number of aliphatic hydroxyl groups excluding tert-OH is 1. The first-order chi connectivity index (χ1) is 53.7. The van der Waals surface area contributed by atoms with Gasteiger partial charge < -0.3 is 33.8 Å². The third-order valence-electron chi connectivity index (χ3n) is 21.6. The van der Waals surface area contributed by atoms with Gasteiger partial charge in [0.15, 0.2) is 12.2 Å². The second-order valence-corrected chi connectivity index (χ2v) is 35.6. The standard InChI is InChI=1S/C91H178O17P2/c1-5-9-13-17-21-25-29-32-35-38-41-42-43-45-48-51-54-58-62-66-70-74-78-91(96)108-87(82-102-89(94)76-72-68-64-60-56-52-49-47-44-39-36-33-30-26-22-18-14-10-6-2)84-106-110(99,100)104-80-85(92)79-103-109(97,98)105-83-86(81-101-88(93)75-71-67-63-59-55-28-24-20-16-12-8-4)107-90(95)77-73-69-65-61-57-53-50-46-40-37-34-31-27-23-19-15-11-7-3/h85-87,92H,5-84H2,1-4H3,(H,97,98)(H,99,100)/t85-,86+,87+/m0/s1. The Hall–Kier alpha value is -1.94. The first-order valence-corrected chi connectivity index (χ1v) is 50.3. The molecule has 0 heterocycles. The summed E-state index contributed by atoms with van der Waals surface area (Å²) in [6, 6.07) is 0. The Labute approximate surface area is 677 Å². The van der Waals surface area contributed by atoms with Crippen LogP contribution in [-0.4, -0.2) is 96.7 Å². The topological polar surface area (TPSA) is 237 Å². The predicted octanol–water partition coefficient (Wildman–Crippen LogP) is 28.5. The summed E-state index contributed by atoms with van der Waals surface area (Å²) in [6.07, 6.45) is 82.1. The number of phosphoric ester groups is 2. The highest BCUT2D eigenvalue weighted by molar-refractivity contribution is 7.47. The molecule has 0 saturated carbocycles. The Morgan fingerprint density at radius 2 is 0.364 bits per heavy atom. The lowest BCUT2D eigenvalue weighted by Gasteiger charge is -2.21. The molecule has 0 fully saturated rings. The van der Waals surface area contributed by atoms with Gasteiger partial charge in [0, 0.05) is 25.7 Å². The molecule has 0 spiro atoms. The van der Waals surface area contributed by atoms with Gasteiger partial charge in [0.25, 0.3) is 0 Å². The number of phosphoric acid groups is 2. The van der Waals surface area contributed by atoms with Gasteiger partial charge in [-0.1, -0.05) is 451 Å². The maximum Gasteiger partial charge on any atom is 0.472 e. The number of unbranched alkanes of at least 4 members (excludes halogenated alkanes) is 66. The monoisotopic (exact) mass is 1610 g/mol. The molecule has 0 aliphatic carbocycles. The van der Waals surface area contributed by atoms with E-state index in [1.807, 2.05) is 0 Å². The Morgan fingerprint density at radius 1 is 0.218 bits per heavy atom. The molecule has 0 aliphatic rings. The SMILES string of the molecule is CCCCCCCCCCCCCCCCCCCCCCCCC(=O)O[C@H](COC(=O)CCCCCCCCCCCCCCCCCCCCC)COP(=O)(O)OC[C@@H](O)COP(=O)(O)OC[C@@H](COC(=O)CCCCCCCCCCCCC)OC(=O)CCCCCCCCCCCCCCCCCCCC. The van der Waals surface area contributed by atoms with Crippen LogP contribution in [0.4, 0.5) is 0 Å². The van der Waals surface area contributed by atoms with E-state index in [9.17, 15) is 43.2 Å². The van der Waals surface area contributed by atoms with Gasteiger partial charge in [-0.3, -0.25) is 37.3 Å². The molecule has 654 valence electrons. The average Bonchev–Trinajstić information content (AvgIpc) is 0.920. The summed E-state index contributed by atoms with van der Waals surface area (Å²) in [5.41, 5.74) is 0. The maximum absolute atomic E-state index is 13.2. The minimum atomic E-state index is -4.97. The lowest BCUT2D eigenvalue weighted by Crippen LogP contribution is -2.30. The highest BCUT2D eigenvalue weighted by Gasteiger charge is 2.31. The van der Waals surface area contributed by atoms with Crippen molar-refractivity contribution in [1.82, 2.24) is 0 Å². The molecule has 5 atom stereocenters. The van der Waals surface area contributed by atoms with E-state index >= 15 is 0 Å². The molecule has 0 saturated heterocycles. The second kappa shape index (κ2) is 85.0. The zero-order valence-corrected chi connectivity index (χ0v) is 74.0. The molecule has 2 unspecified atom stereocenters. The van der Waals surface area contributed by atoms with Crippen molar-refractivity contribution in [2.75, 3.05) is 39.6 Å². The molecule has 0 amide bonds. The number of carbonyl (C=O) groups is 4. The van der Waals surface area contributed by atoms with Crippen LogP contribution in [-0.2, 0) is 65.4 Å². The summed E-state index contributed by atoms with van der Waals surface area (Å²) in [5.74, 6) is -2.09. The summed E-state index contributed by atoms with van der Waals surface area (Å²) < 4.78 is 69.1. The van der Waals surface area contributed by atoms with Gasteiger partial charge in [0.2, 0.25) is 0 Å². The van der Waals surface area contributed by atoms with Crippen molar-refractivity contribution in [2.24, 2.45) is 0 Å². The third kappa shape index (κ3) is 84.0. The van der Waals surface area contributed by atoms with Crippen LogP contribution in [0.15, 0.2) is 0 Å². The van der Waals surface area contributed by atoms with Crippen LogP contribution in [0, 0.1) is 0 Å². The van der Waals surface area contributed by atoms with Gasteiger partial charge >= 0.3 is 39.5 Å². The first-order valence-electron chi connectivity index (χ1n) is 47.3. The number of esters is 4. The summed E-state index contributed by atoms with van der Waals surface area (Å²) in [5, 5.41) is 10.7. The molecule has 17 nitrogen and oxygen atoms in total. The van der Waals surface area contributed by atoms with Gasteiger partial charge in [-0.2, -0.15) is 0 Å². The zero-order valence-electron chi connectivity index (χ0n) is 72.3. The van der Waals surface area contributed by atoms with Gasteiger partial charge in [-0.15, -0.1) is 0 Å². The molecular weight excluding hydrogens is 1430 g/mol. The average molecular weight is 1610 g/mol. The van der Waals surface area contributed by atoms with E-state index in [2.05, 4.69) is 27.7 Å². The van der Waals surface area contributed by atoms with Crippen LogP contribution in [0.1, 0.15) is 503 Å². The van der Waals surface area contributed by atoms with Crippen LogP contribution >= 0.6 is 15.6 Å². The summed E-state index contributed by atoms with van der Waals surface area (Å²) >= 11 is 0. The third-order valence-corrected chi connectivity index (χ3v) is 23.5. The van der Waals surface area contributed by atoms with E-state index in [1.54, 1.807) is 0 Å². The first kappa shape index (κ1) is 108. The van der Waals surface area contributed by atoms with Gasteiger partial charge in [0.05, 0.1) is 26.4 Å². The van der Waals surface area contributed by atoms with Crippen molar-refractivity contribution in [2.45, 2.75) is 521 Å². The highest BCUT2D eigenvalue weighted by atomic mass is 31.2. The van der Waals surface area contributed by atoms with E-state index < -0.39 is 97.5 Å². The van der Waals surface area contributed by atoms with E-state index in [0.29, 0.717) is 25.7 Å². The minimum absolute atomic E-state index is 0.110. The van der Waals surface area contributed by atoms with Crippen molar-refractivity contribution >= 4 is 39.5 Å². The zero-order chi connectivity index (χ0) is 80.3. The largest absolute Gasteiger partial charge is 0.472 e. The summed E-state index contributed by atoms with van der Waals surface area (Å²) in [6.45, 7) is 5.09. The number of ether oxygens (including phenoxy) is 4. The van der Waals surface area contributed by atoms with Crippen LogP contribution in [0.2, 0.25) is 0 Å². The fourth-order valence-electron chi connectivity index (χ4n) is 14.4. The lowest BCUT2D eigenvalue weighted by atomic mass is 10.0. The molecular formula is C91H178O17P2. The van der Waals surface area contributed by atoms with Crippen LogP contribution in [0.5, 0.6) is 0 Å². The molecule has 0 aromatic rings. The molecule has 0 aliphatic heterocycles. The lowest BCUT2D eigenvalue weighted by molar-refractivity contribution is -0.161. The molecule has 0 rings (SSSR count). The fourth-order valence-corrected chi connectivity index (χ4v) is 16.0. The maximum atomic E-state index is 13.2. The number of hydrogen-bond donors (Lipinski definition) is 3. The van der Waals surface area contributed by atoms with Crippen molar-refractivity contribution in [1.29, 1.82) is 0 Å². The molecule has 110 heavy (non-hydrogen) atoms. The summed E-state index contributed by atoms with van der Waals surface area (Å²) in [4.78, 5) is 73.4. The van der Waals surface area contributed by atoms with E-state index in [-0.39, 0.29) is 25.7 Å². The molecule has 0 aromatic carbocycles. The van der Waals surface area contributed by atoms with E-state index in [1.165, 1.54) is 334 Å². The number of rotatable bonds is 92. The normalized spacial score (nSPS) is 13.6. The Kier molecular flexibility index (Phi) is 83.5. The van der Waals surface area contributed by atoms with Crippen molar-refractivity contribution < 1.29 is 80.2 Å². The molecule has 0 aromatic heterocycles. The molecule has 19 heteroatoms. The number of hydrogen-bond acceptors (Lipinski definition) is 15. The van der Waals surface area contributed by atoms with Gasteiger partial charge in [0.1, 0.15) is 19.3 Å². The second-order valence-electron chi connectivity index (χ2n) is 32.7. The Morgan fingerprint density at radius 3 is 0.536 bits per heavy atom. The molecule has 0 bridgehead atoms. The highest BCUT2D eigenvalue weighted by Crippen LogP contribution is 2.45. The fraction of sp³-hybridized carbons (Fsp3) is 0.956. The van der Waals surface area contributed by atoms with E-state index in [0.717, 1.165) is 89.9 Å². The van der Waals surface area contributed by atoms with Crippen molar-refractivity contribution in [3.8, 4) is 0 Å². The Balaban J connectivity index is 5.22. The van der Waals surface area contributed by atoms with Gasteiger partial charge in [-0.05, 0) is 25.7 Å². The summed E-state index contributed by atoms with van der Waals surface area (Å²) in [7, 11) is -9.93. The molecule has 0 radical (unpaired) electrons. The quantitative estimate of drug-likeness (QED) is 0.0222. The van der Waals surface area contributed by atoms with Crippen molar-refractivity contribution in [3.05, 3.63) is 0 Å².